The second kappa shape index (κ2) is 6.39. The topological polar surface area (TPSA) is 21.3 Å². The van der Waals surface area contributed by atoms with Gasteiger partial charge in [-0.15, -0.1) is 0 Å². The van der Waals surface area contributed by atoms with Crippen LogP contribution in [0.25, 0.3) is 0 Å². The van der Waals surface area contributed by atoms with Gasteiger partial charge in [0.1, 0.15) is 0 Å². The summed E-state index contributed by atoms with van der Waals surface area (Å²) in [5.41, 5.74) is 0. The Hall–Kier alpha value is -0.0800. The van der Waals surface area contributed by atoms with Gasteiger partial charge in [-0.1, -0.05) is 26.2 Å². The molecule has 0 amide bonds. The summed E-state index contributed by atoms with van der Waals surface area (Å²) < 4.78 is 5.25. The van der Waals surface area contributed by atoms with Crippen molar-refractivity contribution in [1.29, 1.82) is 0 Å². The fraction of sp³-hybridized carbons (Fsp3) is 1.00. The van der Waals surface area contributed by atoms with Crippen LogP contribution < -0.4 is 5.32 Å². The average Bonchev–Trinajstić information content (AvgIpc) is 2.19. The third-order valence-corrected chi connectivity index (χ3v) is 3.03. The molecule has 0 aromatic rings. The molecule has 0 spiro atoms. The molecule has 2 heteroatoms. The molecule has 0 radical (unpaired) electrons. The summed E-state index contributed by atoms with van der Waals surface area (Å²) in [4.78, 5) is 0. The third kappa shape index (κ3) is 3.65. The predicted molar refractivity (Wildman–Crippen MR) is 55.9 cm³/mol. The molecular formula is C11H23NO. The summed E-state index contributed by atoms with van der Waals surface area (Å²) in [5, 5.41) is 3.53. The van der Waals surface area contributed by atoms with Gasteiger partial charge in [0.2, 0.25) is 0 Å². The highest BCUT2D eigenvalue weighted by atomic mass is 16.5. The van der Waals surface area contributed by atoms with Gasteiger partial charge >= 0.3 is 0 Å². The minimum absolute atomic E-state index is 0.593. The van der Waals surface area contributed by atoms with Crippen molar-refractivity contribution in [2.75, 3.05) is 20.3 Å². The number of hydrogen-bond donors (Lipinski definition) is 1. The molecule has 1 atom stereocenters. The molecule has 1 fully saturated rings. The van der Waals surface area contributed by atoms with Crippen LogP contribution in [0.4, 0.5) is 0 Å². The van der Waals surface area contributed by atoms with Crippen LogP contribution in [-0.4, -0.2) is 26.3 Å². The Balaban J connectivity index is 2.32. The van der Waals surface area contributed by atoms with Gasteiger partial charge in [0.05, 0.1) is 6.61 Å². The molecule has 78 valence electrons. The Morgan fingerprint density at radius 1 is 1.31 bits per heavy atom. The maximum absolute atomic E-state index is 5.25. The van der Waals surface area contributed by atoms with Crippen molar-refractivity contribution >= 4 is 0 Å². The van der Waals surface area contributed by atoms with Crippen molar-refractivity contribution in [3.05, 3.63) is 0 Å². The first-order valence-electron chi connectivity index (χ1n) is 5.60. The Morgan fingerprint density at radius 3 is 2.54 bits per heavy atom. The second-order valence-electron chi connectivity index (χ2n) is 4.02. The lowest BCUT2D eigenvalue weighted by molar-refractivity contribution is 0.126. The molecule has 0 aliphatic heterocycles. The number of rotatable bonds is 5. The summed E-state index contributed by atoms with van der Waals surface area (Å²) in [6.45, 7) is 4.11. The van der Waals surface area contributed by atoms with Crippen molar-refractivity contribution in [3.63, 3.8) is 0 Å². The van der Waals surface area contributed by atoms with Crippen molar-refractivity contribution in [2.45, 2.75) is 45.1 Å². The number of likely N-dealkylation sites (N-methyl/N-ethyl adjacent to an activating group) is 1. The highest BCUT2D eigenvalue weighted by Crippen LogP contribution is 2.26. The van der Waals surface area contributed by atoms with Crippen LogP contribution in [0, 0.1) is 5.92 Å². The van der Waals surface area contributed by atoms with Crippen LogP contribution in [0.15, 0.2) is 0 Å². The van der Waals surface area contributed by atoms with Crippen LogP contribution in [0.2, 0.25) is 0 Å². The lowest BCUT2D eigenvalue weighted by Gasteiger charge is -2.30. The average molecular weight is 185 g/mol. The summed E-state index contributed by atoms with van der Waals surface area (Å²) in [7, 11) is 1.80. The predicted octanol–water partition coefficient (Wildman–Crippen LogP) is 2.19. The quantitative estimate of drug-likeness (QED) is 0.709. The smallest absolute Gasteiger partial charge is 0.0618 e. The Labute approximate surface area is 82.0 Å². The van der Waals surface area contributed by atoms with E-state index in [0.717, 1.165) is 19.1 Å². The molecule has 0 heterocycles. The summed E-state index contributed by atoms with van der Waals surface area (Å²) in [5.74, 6) is 0.855. The fourth-order valence-corrected chi connectivity index (χ4v) is 2.34. The zero-order valence-electron chi connectivity index (χ0n) is 9.01. The molecule has 1 aliphatic carbocycles. The van der Waals surface area contributed by atoms with Crippen LogP contribution in [0.5, 0.6) is 0 Å². The zero-order chi connectivity index (χ0) is 9.52. The normalized spacial score (nSPS) is 21.7. The first-order valence-corrected chi connectivity index (χ1v) is 5.60. The first kappa shape index (κ1) is 11.0. The second-order valence-corrected chi connectivity index (χ2v) is 4.02. The van der Waals surface area contributed by atoms with Crippen molar-refractivity contribution in [3.8, 4) is 0 Å². The molecule has 0 saturated heterocycles. The first-order chi connectivity index (χ1) is 6.38. The molecule has 1 unspecified atom stereocenters. The lowest BCUT2D eigenvalue weighted by atomic mass is 9.84. The van der Waals surface area contributed by atoms with Crippen LogP contribution >= 0.6 is 0 Å². The van der Waals surface area contributed by atoms with Crippen LogP contribution in [0.3, 0.4) is 0 Å². The molecule has 0 aromatic carbocycles. The van der Waals surface area contributed by atoms with Gasteiger partial charge in [-0.2, -0.15) is 0 Å². The number of ether oxygens (including phenoxy) is 1. The minimum Gasteiger partial charge on any atom is -0.383 e. The SMILES string of the molecule is CCNC(COC)C1CCCCC1. The van der Waals surface area contributed by atoms with E-state index in [0.29, 0.717) is 6.04 Å². The lowest BCUT2D eigenvalue weighted by Crippen LogP contribution is -2.40. The molecule has 2 nitrogen and oxygen atoms in total. The van der Waals surface area contributed by atoms with Crippen molar-refractivity contribution in [2.24, 2.45) is 5.92 Å². The maximum Gasteiger partial charge on any atom is 0.0618 e. The van der Waals surface area contributed by atoms with E-state index in [1.807, 2.05) is 0 Å². The molecule has 0 aromatic heterocycles. The van der Waals surface area contributed by atoms with E-state index in [-0.39, 0.29) is 0 Å². The third-order valence-electron chi connectivity index (χ3n) is 3.03. The van der Waals surface area contributed by atoms with Gasteiger partial charge in [-0.25, -0.2) is 0 Å². The van der Waals surface area contributed by atoms with E-state index in [1.54, 1.807) is 7.11 Å². The van der Waals surface area contributed by atoms with Gasteiger partial charge in [0, 0.05) is 13.2 Å². The van der Waals surface area contributed by atoms with E-state index in [9.17, 15) is 0 Å². The molecule has 1 rings (SSSR count). The largest absolute Gasteiger partial charge is 0.383 e. The van der Waals surface area contributed by atoms with Crippen molar-refractivity contribution in [1.82, 2.24) is 5.32 Å². The van der Waals surface area contributed by atoms with E-state index in [1.165, 1.54) is 32.1 Å². The van der Waals surface area contributed by atoms with E-state index >= 15 is 0 Å². The molecule has 1 N–H and O–H groups in total. The molecule has 0 bridgehead atoms. The molecule has 1 aliphatic rings. The zero-order valence-corrected chi connectivity index (χ0v) is 9.01. The summed E-state index contributed by atoms with van der Waals surface area (Å²) >= 11 is 0. The Bertz CT molecular complexity index is 115. The van der Waals surface area contributed by atoms with Crippen molar-refractivity contribution < 1.29 is 4.74 Å². The van der Waals surface area contributed by atoms with E-state index in [2.05, 4.69) is 12.2 Å². The van der Waals surface area contributed by atoms with Gasteiger partial charge in [-0.05, 0) is 25.3 Å². The fourth-order valence-electron chi connectivity index (χ4n) is 2.34. The summed E-state index contributed by atoms with van der Waals surface area (Å²) in [6.07, 6.45) is 7.04. The molecular weight excluding hydrogens is 162 g/mol. The van der Waals surface area contributed by atoms with Gasteiger partial charge < -0.3 is 10.1 Å². The van der Waals surface area contributed by atoms with Gasteiger partial charge in [0.25, 0.3) is 0 Å². The van der Waals surface area contributed by atoms with E-state index in [4.69, 9.17) is 4.74 Å². The minimum atomic E-state index is 0.593. The number of methoxy groups -OCH3 is 1. The monoisotopic (exact) mass is 185 g/mol. The Kier molecular flexibility index (Phi) is 5.40. The van der Waals surface area contributed by atoms with Crippen LogP contribution in [-0.2, 0) is 4.74 Å². The summed E-state index contributed by atoms with van der Waals surface area (Å²) in [6, 6.07) is 0.593. The van der Waals surface area contributed by atoms with Gasteiger partial charge in [-0.3, -0.25) is 0 Å². The number of hydrogen-bond acceptors (Lipinski definition) is 2. The standard InChI is InChI=1S/C11H23NO/c1-3-12-11(9-13-2)10-7-5-4-6-8-10/h10-12H,3-9H2,1-2H3. The van der Waals surface area contributed by atoms with Gasteiger partial charge in [0.15, 0.2) is 0 Å². The van der Waals surface area contributed by atoms with E-state index < -0.39 is 0 Å². The molecule has 13 heavy (non-hydrogen) atoms. The molecule has 1 saturated carbocycles. The highest BCUT2D eigenvalue weighted by molar-refractivity contribution is 4.78. The number of nitrogens with one attached hydrogen (secondary N) is 1. The van der Waals surface area contributed by atoms with Crippen LogP contribution in [0.1, 0.15) is 39.0 Å². The Morgan fingerprint density at radius 2 is 2.00 bits per heavy atom. The maximum atomic E-state index is 5.25. The highest BCUT2D eigenvalue weighted by Gasteiger charge is 2.22.